The fourth-order valence-electron chi connectivity index (χ4n) is 3.10. The maximum atomic E-state index is 12.6. The van der Waals surface area contributed by atoms with Crippen LogP contribution < -0.4 is 19.3 Å². The minimum absolute atomic E-state index is 0.191. The average molecular weight is 417 g/mol. The first-order valence-corrected chi connectivity index (χ1v) is 10.8. The van der Waals surface area contributed by atoms with Crippen molar-refractivity contribution in [2.75, 3.05) is 34.4 Å². The molecule has 154 valence electrons. The third-order valence-electron chi connectivity index (χ3n) is 4.56. The van der Waals surface area contributed by atoms with Crippen LogP contribution in [0.4, 0.5) is 17.1 Å². The van der Waals surface area contributed by atoms with Crippen LogP contribution in [0.5, 0.6) is 5.75 Å². The molecule has 2 amide bonds. The van der Waals surface area contributed by atoms with Crippen LogP contribution in [-0.4, -0.2) is 46.2 Å². The number of carbonyl (C=O) groups excluding carboxylic acids is 2. The van der Waals surface area contributed by atoms with Crippen LogP contribution in [0.15, 0.2) is 42.5 Å². The SMILES string of the molecule is Cc1cccc(N(CC(=O)Nc2ccc3c(c2)N(C)C(=O)C(C)O3)S(C)(=O)=O)c1. The van der Waals surface area contributed by atoms with Gasteiger partial charge in [0.2, 0.25) is 15.9 Å². The van der Waals surface area contributed by atoms with Gasteiger partial charge in [-0.05, 0) is 49.7 Å². The van der Waals surface area contributed by atoms with Crippen molar-refractivity contribution in [1.82, 2.24) is 0 Å². The molecule has 2 aromatic carbocycles. The number of anilines is 3. The molecule has 1 N–H and O–H groups in total. The van der Waals surface area contributed by atoms with Crippen molar-refractivity contribution in [2.24, 2.45) is 0 Å². The Morgan fingerprint density at radius 3 is 2.62 bits per heavy atom. The highest BCUT2D eigenvalue weighted by molar-refractivity contribution is 7.92. The first-order valence-electron chi connectivity index (χ1n) is 8.99. The second kappa shape index (κ2) is 7.75. The highest BCUT2D eigenvalue weighted by atomic mass is 32.2. The molecule has 0 saturated heterocycles. The number of amides is 2. The van der Waals surface area contributed by atoms with Crippen molar-refractivity contribution in [3.63, 3.8) is 0 Å². The Bertz CT molecular complexity index is 1070. The molecule has 29 heavy (non-hydrogen) atoms. The molecule has 0 bridgehead atoms. The summed E-state index contributed by atoms with van der Waals surface area (Å²) < 4.78 is 31.0. The topological polar surface area (TPSA) is 96.0 Å². The van der Waals surface area contributed by atoms with Crippen LogP contribution >= 0.6 is 0 Å². The molecule has 1 heterocycles. The maximum absolute atomic E-state index is 12.6. The minimum atomic E-state index is -3.66. The number of benzene rings is 2. The molecule has 0 fully saturated rings. The molecular formula is C20H23N3O5S. The van der Waals surface area contributed by atoms with Gasteiger partial charge in [0.25, 0.3) is 5.91 Å². The van der Waals surface area contributed by atoms with E-state index in [1.807, 2.05) is 13.0 Å². The highest BCUT2D eigenvalue weighted by Gasteiger charge is 2.29. The first kappa shape index (κ1) is 20.7. The molecule has 1 aliphatic heterocycles. The minimum Gasteiger partial charge on any atom is -0.479 e. The van der Waals surface area contributed by atoms with E-state index in [1.54, 1.807) is 50.4 Å². The molecule has 0 saturated carbocycles. The smallest absolute Gasteiger partial charge is 0.267 e. The van der Waals surface area contributed by atoms with Gasteiger partial charge in [0, 0.05) is 12.7 Å². The molecule has 0 aliphatic carbocycles. The van der Waals surface area contributed by atoms with Crippen molar-refractivity contribution in [3.05, 3.63) is 48.0 Å². The predicted molar refractivity (Wildman–Crippen MR) is 112 cm³/mol. The summed E-state index contributed by atoms with van der Waals surface area (Å²) in [5, 5.41) is 2.69. The summed E-state index contributed by atoms with van der Waals surface area (Å²) in [6.45, 7) is 3.14. The molecule has 1 aliphatic rings. The van der Waals surface area contributed by atoms with E-state index in [0.717, 1.165) is 16.1 Å². The number of nitrogens with one attached hydrogen (secondary N) is 1. The number of hydrogen-bond donors (Lipinski definition) is 1. The lowest BCUT2D eigenvalue weighted by Crippen LogP contribution is -2.42. The fourth-order valence-corrected chi connectivity index (χ4v) is 3.95. The summed E-state index contributed by atoms with van der Waals surface area (Å²) in [4.78, 5) is 26.1. The normalized spacial score (nSPS) is 16.1. The third kappa shape index (κ3) is 4.51. The lowest BCUT2D eigenvalue weighted by Gasteiger charge is -2.30. The number of aryl methyl sites for hydroxylation is 1. The Morgan fingerprint density at radius 2 is 1.97 bits per heavy atom. The lowest BCUT2D eigenvalue weighted by molar-refractivity contribution is -0.125. The van der Waals surface area contributed by atoms with Gasteiger partial charge in [0.05, 0.1) is 17.6 Å². The largest absolute Gasteiger partial charge is 0.479 e. The molecule has 3 rings (SSSR count). The molecular weight excluding hydrogens is 394 g/mol. The quantitative estimate of drug-likeness (QED) is 0.804. The monoisotopic (exact) mass is 417 g/mol. The zero-order valence-electron chi connectivity index (χ0n) is 16.7. The standard InChI is InChI=1S/C20H23N3O5S/c1-13-6-5-7-16(10-13)23(29(4,26)27)12-19(24)21-15-8-9-18-17(11-15)22(3)20(25)14(2)28-18/h5-11,14H,12H2,1-4H3,(H,21,24). The summed E-state index contributed by atoms with van der Waals surface area (Å²) in [7, 11) is -2.03. The molecule has 2 aromatic rings. The van der Waals surface area contributed by atoms with Gasteiger partial charge in [-0.1, -0.05) is 12.1 Å². The number of rotatable bonds is 5. The van der Waals surface area contributed by atoms with E-state index in [9.17, 15) is 18.0 Å². The fraction of sp³-hybridized carbons (Fsp3) is 0.300. The summed E-state index contributed by atoms with van der Waals surface area (Å²) in [5.74, 6) is -0.158. The Morgan fingerprint density at radius 1 is 1.24 bits per heavy atom. The summed E-state index contributed by atoms with van der Waals surface area (Å²) in [5.41, 5.74) is 2.27. The van der Waals surface area contributed by atoms with Crippen molar-refractivity contribution in [2.45, 2.75) is 20.0 Å². The molecule has 0 aromatic heterocycles. The highest BCUT2D eigenvalue weighted by Crippen LogP contribution is 2.35. The zero-order chi connectivity index (χ0) is 21.3. The van der Waals surface area contributed by atoms with Crippen molar-refractivity contribution < 1.29 is 22.7 Å². The van der Waals surface area contributed by atoms with Crippen LogP contribution in [0.3, 0.4) is 0 Å². The van der Waals surface area contributed by atoms with Gasteiger partial charge in [-0.2, -0.15) is 0 Å². The molecule has 8 nitrogen and oxygen atoms in total. The van der Waals surface area contributed by atoms with Gasteiger partial charge < -0.3 is 15.0 Å². The van der Waals surface area contributed by atoms with Crippen LogP contribution in [0.2, 0.25) is 0 Å². The molecule has 1 atom stereocenters. The van der Waals surface area contributed by atoms with E-state index in [-0.39, 0.29) is 12.5 Å². The summed E-state index contributed by atoms with van der Waals surface area (Å²) in [6.07, 6.45) is 0.478. The zero-order valence-corrected chi connectivity index (χ0v) is 17.5. The second-order valence-corrected chi connectivity index (χ2v) is 8.90. The van der Waals surface area contributed by atoms with Crippen molar-refractivity contribution in [3.8, 4) is 5.75 Å². The Hall–Kier alpha value is -3.07. The summed E-state index contributed by atoms with van der Waals surface area (Å²) in [6, 6.07) is 11.8. The third-order valence-corrected chi connectivity index (χ3v) is 5.70. The van der Waals surface area contributed by atoms with E-state index in [1.165, 1.54) is 4.90 Å². The molecule has 0 radical (unpaired) electrons. The number of carbonyl (C=O) groups is 2. The van der Waals surface area contributed by atoms with Gasteiger partial charge in [-0.3, -0.25) is 13.9 Å². The van der Waals surface area contributed by atoms with Gasteiger partial charge in [0.15, 0.2) is 6.10 Å². The van der Waals surface area contributed by atoms with Crippen LogP contribution in [0.1, 0.15) is 12.5 Å². The van der Waals surface area contributed by atoms with Gasteiger partial charge in [0.1, 0.15) is 12.3 Å². The van der Waals surface area contributed by atoms with Gasteiger partial charge in [-0.25, -0.2) is 8.42 Å². The number of fused-ring (bicyclic) bond motifs is 1. The van der Waals surface area contributed by atoms with Crippen LogP contribution in [0, 0.1) is 6.92 Å². The van der Waals surface area contributed by atoms with Gasteiger partial charge in [-0.15, -0.1) is 0 Å². The first-order chi connectivity index (χ1) is 13.6. The van der Waals surface area contributed by atoms with E-state index in [4.69, 9.17) is 4.74 Å². The van der Waals surface area contributed by atoms with Crippen molar-refractivity contribution >= 4 is 38.9 Å². The van der Waals surface area contributed by atoms with Crippen molar-refractivity contribution in [1.29, 1.82) is 0 Å². The molecule has 1 unspecified atom stereocenters. The molecule has 0 spiro atoms. The average Bonchev–Trinajstić information content (AvgIpc) is 2.64. The Labute approximate surface area is 170 Å². The van der Waals surface area contributed by atoms with E-state index in [2.05, 4.69) is 5.32 Å². The predicted octanol–water partition coefficient (Wildman–Crippen LogP) is 2.14. The van der Waals surface area contributed by atoms with E-state index >= 15 is 0 Å². The number of hydrogen-bond acceptors (Lipinski definition) is 5. The second-order valence-electron chi connectivity index (χ2n) is 7.00. The Kier molecular flexibility index (Phi) is 5.52. The maximum Gasteiger partial charge on any atom is 0.267 e. The number of likely N-dealkylation sites (N-methyl/N-ethyl adjacent to an activating group) is 1. The number of sulfonamides is 1. The van der Waals surface area contributed by atoms with Crippen LogP contribution in [-0.2, 0) is 19.6 Å². The number of nitrogens with zero attached hydrogens (tertiary/aromatic N) is 2. The Balaban J connectivity index is 1.80. The van der Waals surface area contributed by atoms with Gasteiger partial charge >= 0.3 is 0 Å². The molecule has 9 heteroatoms. The number of ether oxygens (including phenoxy) is 1. The van der Waals surface area contributed by atoms with E-state index in [0.29, 0.717) is 22.8 Å². The van der Waals surface area contributed by atoms with E-state index < -0.39 is 22.0 Å². The van der Waals surface area contributed by atoms with Crippen LogP contribution in [0.25, 0.3) is 0 Å². The summed E-state index contributed by atoms with van der Waals surface area (Å²) >= 11 is 0. The lowest BCUT2D eigenvalue weighted by atomic mass is 10.2.